The molecule has 4 heteroatoms. The van der Waals surface area contributed by atoms with Crippen LogP contribution in [0.3, 0.4) is 0 Å². The number of hydrogen-bond donors (Lipinski definition) is 0. The standard InChI is InChI=1S/C12H13BrN2O/c13-10-4-1-5-15-11(10)7-14-12(15)9-3-2-6-16-8-9/h1,4-5,7,9H,2-3,6,8H2. The van der Waals surface area contributed by atoms with E-state index in [1.54, 1.807) is 0 Å². The van der Waals surface area contributed by atoms with Crippen LogP contribution in [0.4, 0.5) is 0 Å². The Morgan fingerprint density at radius 3 is 3.25 bits per heavy atom. The first-order chi connectivity index (χ1) is 7.86. The Kier molecular flexibility index (Phi) is 2.69. The first kappa shape index (κ1) is 10.3. The van der Waals surface area contributed by atoms with E-state index in [1.807, 2.05) is 18.3 Å². The van der Waals surface area contributed by atoms with E-state index in [0.717, 1.165) is 35.4 Å². The van der Waals surface area contributed by atoms with Gasteiger partial charge in [-0.05, 0) is 40.9 Å². The molecule has 2 aromatic heterocycles. The molecule has 0 radical (unpaired) electrons. The fraction of sp³-hybridized carbons (Fsp3) is 0.417. The van der Waals surface area contributed by atoms with E-state index in [1.165, 1.54) is 6.42 Å². The van der Waals surface area contributed by atoms with E-state index >= 15 is 0 Å². The maximum absolute atomic E-state index is 5.52. The topological polar surface area (TPSA) is 26.5 Å². The predicted octanol–water partition coefficient (Wildman–Crippen LogP) is 2.99. The van der Waals surface area contributed by atoms with Gasteiger partial charge in [-0.1, -0.05) is 0 Å². The molecule has 1 unspecified atom stereocenters. The molecule has 3 rings (SSSR count). The molecule has 84 valence electrons. The Bertz CT molecular complexity index is 503. The van der Waals surface area contributed by atoms with Crippen LogP contribution in [0, 0.1) is 0 Å². The third kappa shape index (κ3) is 1.66. The van der Waals surface area contributed by atoms with Gasteiger partial charge in [-0.2, -0.15) is 0 Å². The van der Waals surface area contributed by atoms with Crippen molar-refractivity contribution in [3.8, 4) is 0 Å². The Morgan fingerprint density at radius 2 is 2.44 bits per heavy atom. The zero-order valence-electron chi connectivity index (χ0n) is 8.90. The highest BCUT2D eigenvalue weighted by Gasteiger charge is 2.20. The Morgan fingerprint density at radius 1 is 1.50 bits per heavy atom. The van der Waals surface area contributed by atoms with Crippen LogP contribution >= 0.6 is 15.9 Å². The molecule has 0 saturated carbocycles. The number of aromatic nitrogens is 2. The largest absolute Gasteiger partial charge is 0.381 e. The number of rotatable bonds is 1. The molecule has 1 fully saturated rings. The molecule has 1 aliphatic rings. The molecule has 3 heterocycles. The second kappa shape index (κ2) is 4.18. The van der Waals surface area contributed by atoms with E-state index in [2.05, 4.69) is 31.5 Å². The molecule has 1 saturated heterocycles. The Labute approximate surface area is 103 Å². The fourth-order valence-corrected chi connectivity index (χ4v) is 2.70. The second-order valence-corrected chi connectivity index (χ2v) is 5.00. The van der Waals surface area contributed by atoms with Gasteiger partial charge in [-0.25, -0.2) is 4.98 Å². The van der Waals surface area contributed by atoms with Gasteiger partial charge in [0.15, 0.2) is 0 Å². The zero-order chi connectivity index (χ0) is 11.0. The number of ether oxygens (including phenoxy) is 1. The monoisotopic (exact) mass is 280 g/mol. The highest BCUT2D eigenvalue weighted by Crippen LogP contribution is 2.27. The molecule has 3 nitrogen and oxygen atoms in total. The van der Waals surface area contributed by atoms with Crippen LogP contribution in [0.2, 0.25) is 0 Å². The molecule has 16 heavy (non-hydrogen) atoms. The quantitative estimate of drug-likeness (QED) is 0.803. The predicted molar refractivity (Wildman–Crippen MR) is 65.7 cm³/mol. The van der Waals surface area contributed by atoms with Gasteiger partial charge in [0.05, 0.1) is 18.3 Å². The average molecular weight is 281 g/mol. The van der Waals surface area contributed by atoms with E-state index in [9.17, 15) is 0 Å². The van der Waals surface area contributed by atoms with Gasteiger partial charge in [0.1, 0.15) is 5.82 Å². The summed E-state index contributed by atoms with van der Waals surface area (Å²) in [5, 5.41) is 0. The number of fused-ring (bicyclic) bond motifs is 1. The zero-order valence-corrected chi connectivity index (χ0v) is 10.5. The molecule has 0 amide bonds. The average Bonchev–Trinajstić information content (AvgIpc) is 2.75. The van der Waals surface area contributed by atoms with Crippen LogP contribution in [0.1, 0.15) is 24.6 Å². The lowest BCUT2D eigenvalue weighted by Crippen LogP contribution is -2.17. The summed E-state index contributed by atoms with van der Waals surface area (Å²) < 4.78 is 8.76. The van der Waals surface area contributed by atoms with Crippen LogP contribution in [0.5, 0.6) is 0 Å². The van der Waals surface area contributed by atoms with E-state index in [-0.39, 0.29) is 0 Å². The number of imidazole rings is 1. The van der Waals surface area contributed by atoms with Crippen molar-refractivity contribution in [2.75, 3.05) is 13.2 Å². The van der Waals surface area contributed by atoms with Gasteiger partial charge in [0.2, 0.25) is 0 Å². The summed E-state index contributed by atoms with van der Waals surface area (Å²) >= 11 is 3.54. The van der Waals surface area contributed by atoms with Gasteiger partial charge in [-0.15, -0.1) is 0 Å². The summed E-state index contributed by atoms with van der Waals surface area (Å²) in [5.74, 6) is 1.56. The van der Waals surface area contributed by atoms with Crippen LogP contribution < -0.4 is 0 Å². The summed E-state index contributed by atoms with van der Waals surface area (Å²) in [6.07, 6.45) is 6.30. The molecular formula is C12H13BrN2O. The molecule has 1 atom stereocenters. The molecule has 0 bridgehead atoms. The van der Waals surface area contributed by atoms with Crippen LogP contribution in [0.25, 0.3) is 5.52 Å². The van der Waals surface area contributed by atoms with Crippen molar-refractivity contribution in [2.45, 2.75) is 18.8 Å². The molecular weight excluding hydrogens is 268 g/mol. The molecule has 2 aromatic rings. The lowest BCUT2D eigenvalue weighted by Gasteiger charge is -2.21. The van der Waals surface area contributed by atoms with E-state index in [0.29, 0.717) is 5.92 Å². The molecule has 0 aliphatic carbocycles. The van der Waals surface area contributed by atoms with Crippen molar-refractivity contribution in [1.82, 2.24) is 9.38 Å². The fourth-order valence-electron chi connectivity index (χ4n) is 2.25. The third-order valence-electron chi connectivity index (χ3n) is 3.07. The van der Waals surface area contributed by atoms with Gasteiger partial charge < -0.3 is 9.14 Å². The minimum atomic E-state index is 0.436. The van der Waals surface area contributed by atoms with Crippen molar-refractivity contribution in [3.63, 3.8) is 0 Å². The highest BCUT2D eigenvalue weighted by atomic mass is 79.9. The van der Waals surface area contributed by atoms with Crippen molar-refractivity contribution >= 4 is 21.4 Å². The summed E-state index contributed by atoms with van der Waals surface area (Å²) in [4.78, 5) is 4.53. The van der Waals surface area contributed by atoms with Crippen LogP contribution in [0.15, 0.2) is 29.0 Å². The van der Waals surface area contributed by atoms with Crippen molar-refractivity contribution in [1.29, 1.82) is 0 Å². The first-order valence-electron chi connectivity index (χ1n) is 5.55. The molecule has 0 spiro atoms. The minimum Gasteiger partial charge on any atom is -0.381 e. The summed E-state index contributed by atoms with van der Waals surface area (Å²) in [6, 6.07) is 4.07. The maximum Gasteiger partial charge on any atom is 0.118 e. The molecule has 0 aromatic carbocycles. The Hall–Kier alpha value is -0.870. The lowest BCUT2D eigenvalue weighted by atomic mass is 10.0. The van der Waals surface area contributed by atoms with E-state index < -0.39 is 0 Å². The van der Waals surface area contributed by atoms with Crippen molar-refractivity contribution < 1.29 is 4.74 Å². The normalized spacial score (nSPS) is 21.4. The van der Waals surface area contributed by atoms with Gasteiger partial charge in [0.25, 0.3) is 0 Å². The number of pyridine rings is 1. The van der Waals surface area contributed by atoms with Crippen LogP contribution in [-0.2, 0) is 4.74 Å². The van der Waals surface area contributed by atoms with E-state index in [4.69, 9.17) is 4.74 Å². The molecule has 1 aliphatic heterocycles. The SMILES string of the molecule is Brc1cccn2c(C3CCCOC3)ncc12. The van der Waals surface area contributed by atoms with Crippen molar-refractivity contribution in [2.24, 2.45) is 0 Å². The smallest absolute Gasteiger partial charge is 0.118 e. The minimum absolute atomic E-state index is 0.436. The first-order valence-corrected chi connectivity index (χ1v) is 6.35. The lowest BCUT2D eigenvalue weighted by molar-refractivity contribution is 0.0779. The highest BCUT2D eigenvalue weighted by molar-refractivity contribution is 9.10. The maximum atomic E-state index is 5.52. The van der Waals surface area contributed by atoms with Gasteiger partial charge in [0, 0.05) is 23.2 Å². The number of halogens is 1. The molecule has 0 N–H and O–H groups in total. The van der Waals surface area contributed by atoms with Crippen LogP contribution in [-0.4, -0.2) is 22.6 Å². The summed E-state index contributed by atoms with van der Waals surface area (Å²) in [5.41, 5.74) is 1.13. The summed E-state index contributed by atoms with van der Waals surface area (Å²) in [6.45, 7) is 1.69. The van der Waals surface area contributed by atoms with Gasteiger partial charge >= 0.3 is 0 Å². The number of hydrogen-bond acceptors (Lipinski definition) is 2. The third-order valence-corrected chi connectivity index (χ3v) is 3.74. The summed E-state index contributed by atoms with van der Waals surface area (Å²) in [7, 11) is 0. The second-order valence-electron chi connectivity index (χ2n) is 4.14. The number of nitrogens with zero attached hydrogens (tertiary/aromatic N) is 2. The van der Waals surface area contributed by atoms with Crippen molar-refractivity contribution in [3.05, 3.63) is 34.8 Å². The Balaban J connectivity index is 2.06. The van der Waals surface area contributed by atoms with Gasteiger partial charge in [-0.3, -0.25) is 0 Å².